The monoisotopic (exact) mass is 277 g/mol. The molecule has 0 amide bonds. The molecule has 2 heterocycles. The van der Waals surface area contributed by atoms with E-state index in [1.54, 1.807) is 20.8 Å². The Balaban J connectivity index is 0.000000956. The largest absolute Gasteiger partial charge is 0.443 e. The molecule has 2 rings (SSSR count). The zero-order valence-electron chi connectivity index (χ0n) is 12.4. The predicted octanol–water partition coefficient (Wildman–Crippen LogP) is 3.05. The van der Waals surface area contributed by atoms with Crippen LogP contribution in [0.25, 0.3) is 11.0 Å². The molecule has 0 bridgehead atoms. The van der Waals surface area contributed by atoms with E-state index < -0.39 is 11.7 Å². The molecule has 2 aromatic heterocycles. The summed E-state index contributed by atoms with van der Waals surface area (Å²) in [5.41, 5.74) is 0.111. The van der Waals surface area contributed by atoms with Crippen molar-refractivity contribution in [2.24, 2.45) is 0 Å². The molecule has 0 spiro atoms. The molecule has 0 aliphatic rings. The first kappa shape index (κ1) is 15.8. The first-order valence-electron chi connectivity index (χ1n) is 6.42. The van der Waals surface area contributed by atoms with Gasteiger partial charge in [0.15, 0.2) is 11.9 Å². The third-order valence-electron chi connectivity index (χ3n) is 2.22. The Morgan fingerprint density at radius 3 is 2.55 bits per heavy atom. The summed E-state index contributed by atoms with van der Waals surface area (Å²) in [6.45, 7) is 9.31. The van der Waals surface area contributed by atoms with Crippen LogP contribution in [0.2, 0.25) is 0 Å². The number of nitrogens with zero attached hydrogens (tertiary/aromatic N) is 3. The third kappa shape index (κ3) is 3.40. The van der Waals surface area contributed by atoms with Crippen LogP contribution in [0.3, 0.4) is 0 Å². The minimum atomic E-state index is -0.609. The van der Waals surface area contributed by atoms with Crippen LogP contribution in [0, 0.1) is 0 Å². The number of ether oxygens (including phenoxy) is 1. The number of hydrogen-bond donors (Lipinski definition) is 0. The van der Waals surface area contributed by atoms with Gasteiger partial charge in [-0.2, -0.15) is 0 Å². The van der Waals surface area contributed by atoms with Gasteiger partial charge >= 0.3 is 6.09 Å². The zero-order valence-corrected chi connectivity index (χ0v) is 12.4. The lowest BCUT2D eigenvalue weighted by Gasteiger charge is -2.19. The maximum absolute atomic E-state index is 12.0. The van der Waals surface area contributed by atoms with Crippen LogP contribution < -0.4 is 0 Å². The highest BCUT2D eigenvalue weighted by atomic mass is 16.6. The van der Waals surface area contributed by atoms with E-state index in [1.807, 2.05) is 13.8 Å². The predicted molar refractivity (Wildman–Crippen MR) is 75.9 cm³/mol. The van der Waals surface area contributed by atoms with Crippen molar-refractivity contribution in [3.8, 4) is 0 Å². The first-order chi connectivity index (χ1) is 9.42. The van der Waals surface area contributed by atoms with Crippen molar-refractivity contribution in [2.75, 3.05) is 0 Å². The molecular formula is C14H19N3O3. The van der Waals surface area contributed by atoms with Gasteiger partial charge in [-0.1, -0.05) is 13.8 Å². The van der Waals surface area contributed by atoms with E-state index in [0.717, 1.165) is 0 Å². The van der Waals surface area contributed by atoms with Gasteiger partial charge in [0, 0.05) is 23.3 Å². The molecule has 0 aliphatic heterocycles. The second-order valence-corrected chi connectivity index (χ2v) is 4.81. The first-order valence-corrected chi connectivity index (χ1v) is 6.42. The van der Waals surface area contributed by atoms with Crippen molar-refractivity contribution in [3.05, 3.63) is 24.3 Å². The van der Waals surface area contributed by atoms with Gasteiger partial charge in [-0.3, -0.25) is 4.79 Å². The Morgan fingerprint density at radius 1 is 1.35 bits per heavy atom. The Hall–Kier alpha value is -2.24. The fraction of sp³-hybridized carbons (Fsp3) is 0.429. The Kier molecular flexibility index (Phi) is 4.96. The van der Waals surface area contributed by atoms with Crippen LogP contribution in [-0.4, -0.2) is 32.5 Å². The summed E-state index contributed by atoms with van der Waals surface area (Å²) in [6.07, 6.45) is 4.30. The number of carbonyl (C=O) groups is 2. The van der Waals surface area contributed by atoms with Gasteiger partial charge in [0.1, 0.15) is 11.9 Å². The van der Waals surface area contributed by atoms with E-state index in [-0.39, 0.29) is 0 Å². The minimum Gasteiger partial charge on any atom is -0.443 e. The molecule has 0 saturated carbocycles. The molecule has 0 N–H and O–H groups in total. The van der Waals surface area contributed by atoms with Gasteiger partial charge in [-0.25, -0.2) is 19.3 Å². The van der Waals surface area contributed by atoms with Crippen molar-refractivity contribution >= 4 is 23.4 Å². The van der Waals surface area contributed by atoms with Crippen molar-refractivity contribution < 1.29 is 14.3 Å². The average Bonchev–Trinajstić information content (AvgIpc) is 2.78. The van der Waals surface area contributed by atoms with Gasteiger partial charge in [-0.05, 0) is 20.8 Å². The van der Waals surface area contributed by atoms with E-state index in [2.05, 4.69) is 9.97 Å². The number of fused-ring (bicyclic) bond motifs is 1. The molecule has 6 nitrogen and oxygen atoms in total. The lowest BCUT2D eigenvalue weighted by molar-refractivity contribution is 0.0543. The van der Waals surface area contributed by atoms with Crippen LogP contribution in [0.1, 0.15) is 45.0 Å². The fourth-order valence-electron chi connectivity index (χ4n) is 1.53. The SMILES string of the molecule is CC.CC(C)(C)OC(=O)n1cc(C=O)c2cncnc21. The standard InChI is InChI=1S/C12H13N3O3.C2H6/c1-12(2,3)18-11(17)15-5-8(6-16)9-4-13-7-14-10(9)15;1-2/h4-7H,1-3H3;1-2H3. The third-order valence-corrected chi connectivity index (χ3v) is 2.22. The molecule has 0 unspecified atom stereocenters. The fourth-order valence-corrected chi connectivity index (χ4v) is 1.53. The topological polar surface area (TPSA) is 74.1 Å². The lowest BCUT2D eigenvalue weighted by Crippen LogP contribution is -2.26. The molecule has 0 atom stereocenters. The highest BCUT2D eigenvalue weighted by Gasteiger charge is 2.21. The summed E-state index contributed by atoms with van der Waals surface area (Å²) in [5, 5.41) is 0.526. The van der Waals surface area contributed by atoms with Gasteiger partial charge in [-0.15, -0.1) is 0 Å². The molecule has 20 heavy (non-hydrogen) atoms. The number of carbonyl (C=O) groups excluding carboxylic acids is 2. The number of aromatic nitrogens is 3. The molecule has 108 valence electrons. The summed E-state index contributed by atoms with van der Waals surface area (Å²) in [5.74, 6) is 0. The molecule has 6 heteroatoms. The van der Waals surface area contributed by atoms with E-state index in [0.29, 0.717) is 22.9 Å². The van der Waals surface area contributed by atoms with Crippen molar-refractivity contribution in [3.63, 3.8) is 0 Å². The highest BCUT2D eigenvalue weighted by Crippen LogP contribution is 2.18. The molecule has 0 fully saturated rings. The maximum Gasteiger partial charge on any atom is 0.420 e. The summed E-state index contributed by atoms with van der Waals surface area (Å²) in [6, 6.07) is 0. The van der Waals surface area contributed by atoms with E-state index in [4.69, 9.17) is 4.74 Å². The average molecular weight is 277 g/mol. The normalized spacial score (nSPS) is 10.7. The van der Waals surface area contributed by atoms with Crippen molar-refractivity contribution in [1.29, 1.82) is 0 Å². The zero-order chi connectivity index (χ0) is 15.3. The quantitative estimate of drug-likeness (QED) is 0.749. The van der Waals surface area contributed by atoms with Crippen LogP contribution in [-0.2, 0) is 4.74 Å². The van der Waals surface area contributed by atoms with Crippen LogP contribution in [0.5, 0.6) is 0 Å². The molecular weight excluding hydrogens is 258 g/mol. The van der Waals surface area contributed by atoms with E-state index in [9.17, 15) is 9.59 Å². The van der Waals surface area contributed by atoms with Gasteiger partial charge in [0.05, 0.1) is 0 Å². The molecule has 0 aromatic carbocycles. The maximum atomic E-state index is 12.0. The molecule has 0 saturated heterocycles. The smallest absolute Gasteiger partial charge is 0.420 e. The lowest BCUT2D eigenvalue weighted by atomic mass is 10.2. The Morgan fingerprint density at radius 2 is 2.00 bits per heavy atom. The summed E-state index contributed by atoms with van der Waals surface area (Å²) < 4.78 is 6.45. The molecule has 0 aliphatic carbocycles. The number of aldehydes is 1. The van der Waals surface area contributed by atoms with E-state index in [1.165, 1.54) is 23.3 Å². The Labute approximate surface area is 117 Å². The van der Waals surface area contributed by atoms with Gasteiger partial charge in [0.25, 0.3) is 0 Å². The van der Waals surface area contributed by atoms with E-state index >= 15 is 0 Å². The van der Waals surface area contributed by atoms with Crippen molar-refractivity contribution in [2.45, 2.75) is 40.2 Å². The van der Waals surface area contributed by atoms with Crippen LogP contribution >= 0.6 is 0 Å². The second kappa shape index (κ2) is 6.27. The van der Waals surface area contributed by atoms with Crippen molar-refractivity contribution in [1.82, 2.24) is 14.5 Å². The second-order valence-electron chi connectivity index (χ2n) is 4.81. The summed E-state index contributed by atoms with van der Waals surface area (Å²) in [4.78, 5) is 30.7. The number of hydrogen-bond acceptors (Lipinski definition) is 5. The van der Waals surface area contributed by atoms with Gasteiger partial charge in [0.2, 0.25) is 0 Å². The Bertz CT molecular complexity index is 612. The highest BCUT2D eigenvalue weighted by molar-refractivity contribution is 5.99. The molecule has 2 aromatic rings. The van der Waals surface area contributed by atoms with Crippen LogP contribution in [0.15, 0.2) is 18.7 Å². The van der Waals surface area contributed by atoms with Gasteiger partial charge < -0.3 is 4.74 Å². The molecule has 0 radical (unpaired) electrons. The minimum absolute atomic E-state index is 0.358. The number of rotatable bonds is 1. The summed E-state index contributed by atoms with van der Waals surface area (Å²) in [7, 11) is 0. The van der Waals surface area contributed by atoms with Crippen LogP contribution in [0.4, 0.5) is 4.79 Å². The summed E-state index contributed by atoms with van der Waals surface area (Å²) >= 11 is 0.